The van der Waals surface area contributed by atoms with Crippen molar-refractivity contribution in [3.05, 3.63) is 97.1 Å². The molecule has 0 saturated carbocycles. The van der Waals surface area contributed by atoms with E-state index in [0.29, 0.717) is 0 Å². The van der Waals surface area contributed by atoms with Crippen LogP contribution in [0.5, 0.6) is 0 Å². The maximum atomic E-state index is 2.58. The summed E-state index contributed by atoms with van der Waals surface area (Å²) in [6, 6.07) is 35.4. The third kappa shape index (κ3) is 2.71. The average Bonchev–Trinajstić information content (AvgIpc) is 3.34. The maximum Gasteiger partial charge on any atom is 0.111 e. The van der Waals surface area contributed by atoms with Gasteiger partial charge in [-0.25, -0.2) is 0 Å². The molecule has 0 aliphatic heterocycles. The molecule has 0 aliphatic carbocycles. The highest BCUT2D eigenvalue weighted by Crippen LogP contribution is 2.38. The van der Waals surface area contributed by atoms with Gasteiger partial charge in [0.05, 0.1) is 22.1 Å². The molecule has 6 aromatic rings. The summed E-state index contributed by atoms with van der Waals surface area (Å²) >= 11 is 0. The minimum absolute atomic E-state index is 0.217. The fourth-order valence-electron chi connectivity index (χ4n) is 5.31. The van der Waals surface area contributed by atoms with Crippen molar-refractivity contribution in [2.45, 2.75) is 32.4 Å². The van der Waals surface area contributed by atoms with E-state index in [4.69, 9.17) is 0 Å². The first-order valence-electron chi connectivity index (χ1n) is 11.3. The second-order valence-corrected chi connectivity index (χ2v) is 8.43. The van der Waals surface area contributed by atoms with Crippen molar-refractivity contribution >= 4 is 43.6 Å². The molecule has 0 unspecified atom stereocenters. The van der Waals surface area contributed by atoms with Gasteiger partial charge in [0.15, 0.2) is 0 Å². The summed E-state index contributed by atoms with van der Waals surface area (Å²) in [6.07, 6.45) is 3.69. The van der Waals surface area contributed by atoms with Gasteiger partial charge in [0, 0.05) is 21.5 Å². The Morgan fingerprint density at radius 1 is 0.516 bits per heavy atom. The van der Waals surface area contributed by atoms with E-state index >= 15 is 0 Å². The molecule has 2 nitrogen and oxygen atoms in total. The van der Waals surface area contributed by atoms with Crippen molar-refractivity contribution in [3.8, 4) is 0 Å². The number of aromatic nitrogens is 2. The molecule has 0 N–H and O–H groups in total. The SMILES string of the molecule is CCCCC(n1c2ccccc2c2ccccc21)n1c2ccccc2c2ccccc21. The third-order valence-corrected chi connectivity index (χ3v) is 6.65. The van der Waals surface area contributed by atoms with E-state index in [1.807, 2.05) is 0 Å². The summed E-state index contributed by atoms with van der Waals surface area (Å²) in [4.78, 5) is 0. The van der Waals surface area contributed by atoms with Gasteiger partial charge >= 0.3 is 0 Å². The van der Waals surface area contributed by atoms with E-state index in [0.717, 1.165) is 6.42 Å². The molecule has 152 valence electrons. The normalized spacial score (nSPS) is 12.1. The molecule has 0 atom stereocenters. The van der Waals surface area contributed by atoms with Gasteiger partial charge in [0.25, 0.3) is 0 Å². The van der Waals surface area contributed by atoms with Crippen molar-refractivity contribution in [2.24, 2.45) is 0 Å². The van der Waals surface area contributed by atoms with Gasteiger partial charge < -0.3 is 9.13 Å². The number of para-hydroxylation sites is 4. The summed E-state index contributed by atoms with van der Waals surface area (Å²) < 4.78 is 5.17. The molecule has 0 bridgehead atoms. The molecule has 0 radical (unpaired) electrons. The summed E-state index contributed by atoms with van der Waals surface area (Å²) in [5.41, 5.74) is 5.25. The van der Waals surface area contributed by atoms with E-state index < -0.39 is 0 Å². The summed E-state index contributed by atoms with van der Waals surface area (Å²) in [5.74, 6) is 0. The number of hydrogen-bond donors (Lipinski definition) is 0. The minimum Gasteiger partial charge on any atom is -0.319 e. The summed E-state index contributed by atoms with van der Waals surface area (Å²) in [7, 11) is 0. The molecule has 2 aromatic heterocycles. The van der Waals surface area contributed by atoms with Crippen LogP contribution >= 0.6 is 0 Å². The Bertz CT molecular complexity index is 1310. The summed E-state index contributed by atoms with van der Waals surface area (Å²) in [5, 5.41) is 5.33. The molecule has 0 fully saturated rings. The van der Waals surface area contributed by atoms with Crippen molar-refractivity contribution in [3.63, 3.8) is 0 Å². The predicted molar refractivity (Wildman–Crippen MR) is 133 cm³/mol. The largest absolute Gasteiger partial charge is 0.319 e. The molecule has 0 amide bonds. The Hall–Kier alpha value is -3.52. The van der Waals surface area contributed by atoms with Gasteiger partial charge in [0.2, 0.25) is 0 Å². The van der Waals surface area contributed by atoms with Crippen LogP contribution in [0.1, 0.15) is 32.4 Å². The zero-order chi connectivity index (χ0) is 20.8. The number of nitrogens with zero attached hydrogens (tertiary/aromatic N) is 2. The van der Waals surface area contributed by atoms with E-state index in [9.17, 15) is 0 Å². The Balaban J connectivity index is 1.75. The molecular formula is C29H26N2. The van der Waals surface area contributed by atoms with Crippen LogP contribution in [0.15, 0.2) is 97.1 Å². The highest BCUT2D eigenvalue weighted by molar-refractivity contribution is 6.09. The molecule has 0 spiro atoms. The monoisotopic (exact) mass is 402 g/mol. The minimum atomic E-state index is 0.217. The average molecular weight is 403 g/mol. The van der Waals surface area contributed by atoms with Crippen LogP contribution in [-0.2, 0) is 0 Å². The predicted octanol–water partition coefficient (Wildman–Crippen LogP) is 8.14. The number of rotatable bonds is 5. The molecular weight excluding hydrogens is 376 g/mol. The Morgan fingerprint density at radius 3 is 1.16 bits per heavy atom. The maximum absolute atomic E-state index is 2.58. The Labute approximate surface area is 182 Å². The van der Waals surface area contributed by atoms with Crippen molar-refractivity contribution in [1.82, 2.24) is 9.13 Å². The van der Waals surface area contributed by atoms with Crippen molar-refractivity contribution in [1.29, 1.82) is 0 Å². The lowest BCUT2D eigenvalue weighted by Gasteiger charge is -2.25. The van der Waals surface area contributed by atoms with Crippen LogP contribution in [0.2, 0.25) is 0 Å². The molecule has 31 heavy (non-hydrogen) atoms. The lowest BCUT2D eigenvalue weighted by Crippen LogP contribution is -2.18. The smallest absolute Gasteiger partial charge is 0.111 e. The Morgan fingerprint density at radius 2 is 0.839 bits per heavy atom. The molecule has 0 aliphatic rings. The topological polar surface area (TPSA) is 9.86 Å². The molecule has 4 aromatic carbocycles. The van der Waals surface area contributed by atoms with E-state index in [1.165, 1.54) is 56.5 Å². The van der Waals surface area contributed by atoms with Crippen LogP contribution in [0.25, 0.3) is 43.6 Å². The van der Waals surface area contributed by atoms with Gasteiger partial charge in [-0.05, 0) is 37.1 Å². The van der Waals surface area contributed by atoms with Gasteiger partial charge in [-0.15, -0.1) is 0 Å². The molecule has 0 saturated heterocycles. The first-order valence-corrected chi connectivity index (χ1v) is 11.3. The van der Waals surface area contributed by atoms with E-state index in [-0.39, 0.29) is 6.17 Å². The number of unbranched alkanes of at least 4 members (excludes halogenated alkanes) is 1. The zero-order valence-corrected chi connectivity index (χ0v) is 17.8. The second kappa shape index (κ2) is 7.31. The summed E-state index contributed by atoms with van der Waals surface area (Å²) in [6.45, 7) is 2.29. The van der Waals surface area contributed by atoms with Crippen LogP contribution < -0.4 is 0 Å². The lowest BCUT2D eigenvalue weighted by molar-refractivity contribution is 0.428. The first-order chi connectivity index (χ1) is 15.4. The van der Waals surface area contributed by atoms with Gasteiger partial charge in [-0.3, -0.25) is 0 Å². The fraction of sp³-hybridized carbons (Fsp3) is 0.172. The molecule has 2 heterocycles. The number of hydrogen-bond acceptors (Lipinski definition) is 0. The molecule has 2 heteroatoms. The van der Waals surface area contributed by atoms with E-state index in [1.54, 1.807) is 0 Å². The standard InChI is InChI=1S/C29H26N2/c1-2-3-20-29(30-25-16-8-4-12-21(25)22-13-5-9-17-26(22)30)31-27-18-10-6-14-23(27)24-15-7-11-19-28(24)31/h4-19,29H,2-3,20H2,1H3. The Kier molecular flexibility index (Phi) is 4.31. The van der Waals surface area contributed by atoms with Gasteiger partial charge in [0.1, 0.15) is 6.17 Å². The highest BCUT2D eigenvalue weighted by atomic mass is 15.2. The van der Waals surface area contributed by atoms with Crippen molar-refractivity contribution < 1.29 is 0 Å². The highest BCUT2D eigenvalue weighted by Gasteiger charge is 2.23. The lowest BCUT2D eigenvalue weighted by atomic mass is 10.2. The van der Waals surface area contributed by atoms with Crippen LogP contribution in [0.4, 0.5) is 0 Å². The number of fused-ring (bicyclic) bond motifs is 6. The quantitative estimate of drug-likeness (QED) is 0.275. The van der Waals surface area contributed by atoms with Crippen molar-refractivity contribution in [2.75, 3.05) is 0 Å². The molecule has 6 rings (SSSR count). The van der Waals surface area contributed by atoms with Crippen LogP contribution in [-0.4, -0.2) is 9.13 Å². The van der Waals surface area contributed by atoms with Crippen LogP contribution in [0.3, 0.4) is 0 Å². The second-order valence-electron chi connectivity index (χ2n) is 8.43. The third-order valence-electron chi connectivity index (χ3n) is 6.65. The van der Waals surface area contributed by atoms with E-state index in [2.05, 4.69) is 113 Å². The van der Waals surface area contributed by atoms with Crippen LogP contribution in [0, 0.1) is 0 Å². The number of benzene rings is 4. The zero-order valence-electron chi connectivity index (χ0n) is 17.8. The van der Waals surface area contributed by atoms with Gasteiger partial charge in [-0.2, -0.15) is 0 Å². The van der Waals surface area contributed by atoms with Gasteiger partial charge in [-0.1, -0.05) is 86.1 Å². The fourth-order valence-corrected chi connectivity index (χ4v) is 5.31. The first kappa shape index (κ1) is 18.3.